The third-order valence-electron chi connectivity index (χ3n) is 11.7. The molecule has 0 bridgehead atoms. The Morgan fingerprint density at radius 1 is 0.328 bits per heavy atom. The molecule has 0 aliphatic heterocycles. The predicted octanol–water partition coefficient (Wildman–Crippen LogP) is 18.2. The van der Waals surface area contributed by atoms with Gasteiger partial charge in [0.1, 0.15) is 0 Å². The van der Waals surface area contributed by atoms with Crippen LogP contribution in [0.25, 0.3) is 0 Å². The van der Waals surface area contributed by atoms with Gasteiger partial charge in [0.05, 0.1) is 32.1 Å². The van der Waals surface area contributed by atoms with Gasteiger partial charge in [-0.15, -0.1) is 0 Å². The smallest absolute Gasteiger partial charge is 0.691 e. The zero-order valence-corrected chi connectivity index (χ0v) is 52.8. The molecule has 0 unspecified atom stereocenters. The zero-order valence-electron chi connectivity index (χ0n) is 43.8. The fourth-order valence-corrected chi connectivity index (χ4v) is 14.8. The summed E-state index contributed by atoms with van der Waals surface area (Å²) >= 11 is 20.4. The Balaban J connectivity index is -0.00000116. The van der Waals surface area contributed by atoms with Gasteiger partial charge in [0.2, 0.25) is 5.69 Å². The van der Waals surface area contributed by atoms with E-state index in [-0.39, 0.29) is 51.4 Å². The summed E-state index contributed by atoms with van der Waals surface area (Å²) in [5, 5.41) is 0. The SMILES string of the molecule is CCCCCCCCCCCCOP(=S)(OCCCCCCCCCCCC)SCCSCC.CCCCCCCCCCCCOP(=S)([S-])OCCCCCCCCCCCC.[K+]. The van der Waals surface area contributed by atoms with Crippen molar-refractivity contribution in [1.82, 2.24) is 0 Å². The molecule has 0 fully saturated rings. The van der Waals surface area contributed by atoms with Crippen molar-refractivity contribution in [3.05, 3.63) is 0 Å². The predicted molar refractivity (Wildman–Crippen MR) is 303 cm³/mol. The van der Waals surface area contributed by atoms with E-state index < -0.39 is 11.4 Å². The van der Waals surface area contributed by atoms with E-state index in [0.717, 1.165) is 50.4 Å². The first-order valence-electron chi connectivity index (χ1n) is 27.5. The molecule has 0 aliphatic rings. The van der Waals surface area contributed by atoms with Gasteiger partial charge in [0, 0.05) is 11.5 Å². The van der Waals surface area contributed by atoms with E-state index in [4.69, 9.17) is 54.0 Å². The van der Waals surface area contributed by atoms with E-state index in [1.54, 1.807) is 11.4 Å². The molecule has 0 spiro atoms. The van der Waals surface area contributed by atoms with E-state index in [0.29, 0.717) is 13.2 Å². The molecule has 382 valence electrons. The summed E-state index contributed by atoms with van der Waals surface area (Å²) in [7, 11) is 0. The maximum Gasteiger partial charge on any atom is 1.00 e. The number of hydrogen-bond donors (Lipinski definition) is 0. The second-order valence-electron chi connectivity index (χ2n) is 18.0. The van der Waals surface area contributed by atoms with E-state index in [9.17, 15) is 0 Å². The minimum Gasteiger partial charge on any atom is -0.691 e. The third kappa shape index (κ3) is 61.9. The Kier molecular flexibility index (Phi) is 68.8. The Bertz CT molecular complexity index is 898. The fourth-order valence-electron chi connectivity index (χ4n) is 7.56. The van der Waals surface area contributed by atoms with Gasteiger partial charge >= 0.3 is 51.4 Å². The molecule has 0 atom stereocenters. The van der Waals surface area contributed by atoms with Crippen molar-refractivity contribution in [1.29, 1.82) is 0 Å². The van der Waals surface area contributed by atoms with Crippen molar-refractivity contribution in [3.63, 3.8) is 0 Å². The average Bonchev–Trinajstić information content (AvgIpc) is 3.27. The van der Waals surface area contributed by atoms with E-state index in [1.807, 2.05) is 11.8 Å². The van der Waals surface area contributed by atoms with Crippen molar-refractivity contribution < 1.29 is 69.5 Å². The molecule has 0 aromatic rings. The zero-order chi connectivity index (χ0) is 46.5. The summed E-state index contributed by atoms with van der Waals surface area (Å²) in [5.41, 5.74) is -4.61. The molecule has 0 saturated carbocycles. The molecule has 0 heterocycles. The number of hydrogen-bond acceptors (Lipinski definition) is 9. The van der Waals surface area contributed by atoms with Crippen molar-refractivity contribution in [2.75, 3.05) is 43.7 Å². The van der Waals surface area contributed by atoms with Gasteiger partial charge in [0.15, 0.2) is 0 Å². The summed E-state index contributed by atoms with van der Waals surface area (Å²) in [4.78, 5) is 0. The van der Waals surface area contributed by atoms with Crippen LogP contribution in [0.1, 0.15) is 291 Å². The van der Waals surface area contributed by atoms with E-state index in [1.165, 1.54) is 237 Å². The normalized spacial score (nSPS) is 11.8. The van der Waals surface area contributed by atoms with Gasteiger partial charge < -0.3 is 30.3 Å². The van der Waals surface area contributed by atoms with Gasteiger partial charge in [-0.25, -0.2) is 0 Å². The molecule has 0 rings (SSSR count). The van der Waals surface area contributed by atoms with Crippen molar-refractivity contribution in [2.24, 2.45) is 0 Å². The van der Waals surface area contributed by atoms with Crippen LogP contribution in [0.2, 0.25) is 0 Å². The molecule has 4 nitrogen and oxygen atoms in total. The molecule has 0 N–H and O–H groups in total. The Morgan fingerprint density at radius 2 is 0.547 bits per heavy atom. The topological polar surface area (TPSA) is 36.9 Å². The third-order valence-corrected chi connectivity index (χ3v) is 20.5. The molecular formula is C52H109KO4P2S5. The first-order valence-corrected chi connectivity index (χ1v) is 36.6. The second kappa shape index (κ2) is 61.1. The minimum atomic E-state index is -2.43. The fraction of sp³-hybridized carbons (Fsp3) is 1.00. The van der Waals surface area contributed by atoms with Gasteiger partial charge in [0.25, 0.3) is 0 Å². The Morgan fingerprint density at radius 3 is 0.781 bits per heavy atom. The first-order chi connectivity index (χ1) is 30.8. The molecule has 0 aromatic carbocycles. The Labute approximate surface area is 469 Å². The molecular weight excluding hydrogens is 950 g/mol. The molecule has 0 amide bonds. The molecule has 64 heavy (non-hydrogen) atoms. The Hall–Kier alpha value is 3.83. The molecule has 12 heteroatoms. The second-order valence-corrected chi connectivity index (χ2v) is 30.8. The van der Waals surface area contributed by atoms with E-state index >= 15 is 0 Å². The maximum atomic E-state index is 6.23. The standard InChI is InChI=1S/C28H59O2PS3.C24H51O2PS2.K/c1-4-7-9-11-13-15-17-19-21-23-25-29-31(32,34-28-27-33-6-3)30-26-24-22-20-18-16-14-12-10-8-5-2;1-3-5-7-9-11-13-15-17-19-21-23-25-27(28,29)26-24-22-20-18-16-14-12-10-8-6-4-2;/h4-28H2,1-3H3;3-24H2,1-2H3,(H,28,29);/q;;+1/p-1. The summed E-state index contributed by atoms with van der Waals surface area (Å²) in [6.45, 7) is 14.2. The van der Waals surface area contributed by atoms with Crippen LogP contribution in [0, 0.1) is 0 Å². The van der Waals surface area contributed by atoms with Crippen LogP contribution in [0.3, 0.4) is 0 Å². The number of thioether (sulfide) groups is 1. The maximum absolute atomic E-state index is 6.23. The van der Waals surface area contributed by atoms with Crippen molar-refractivity contribution in [2.45, 2.75) is 291 Å². The molecule has 0 aliphatic carbocycles. The summed E-state index contributed by atoms with van der Waals surface area (Å²) in [6, 6.07) is 0. The molecule has 0 saturated heterocycles. The summed E-state index contributed by atoms with van der Waals surface area (Å²) in [5.74, 6) is 3.36. The number of unbranched alkanes of at least 4 members (excludes halogenated alkanes) is 36. The monoisotopic (exact) mass is 1060 g/mol. The van der Waals surface area contributed by atoms with Gasteiger partial charge in [-0.05, 0) is 43.2 Å². The van der Waals surface area contributed by atoms with Crippen LogP contribution in [0.5, 0.6) is 0 Å². The largest absolute Gasteiger partial charge is 1.00 e. The van der Waals surface area contributed by atoms with Crippen LogP contribution in [0.4, 0.5) is 0 Å². The van der Waals surface area contributed by atoms with Crippen LogP contribution in [-0.2, 0) is 54.0 Å². The van der Waals surface area contributed by atoms with Crippen molar-refractivity contribution in [3.8, 4) is 0 Å². The number of rotatable bonds is 53. The molecule has 0 aromatic heterocycles. The average molecular weight is 1060 g/mol. The van der Waals surface area contributed by atoms with Gasteiger partial charge in [-0.1, -0.05) is 289 Å². The first kappa shape index (κ1) is 72.1. The quantitative estimate of drug-likeness (QED) is 0.0256. The van der Waals surface area contributed by atoms with Crippen molar-refractivity contribution >= 4 is 70.4 Å². The summed E-state index contributed by atoms with van der Waals surface area (Å²) in [6.07, 6.45) is 53.5. The van der Waals surface area contributed by atoms with Gasteiger partial charge in [-0.3, -0.25) is 0 Å². The van der Waals surface area contributed by atoms with Crippen LogP contribution in [0.15, 0.2) is 0 Å². The minimum absolute atomic E-state index is 0. The summed E-state index contributed by atoms with van der Waals surface area (Å²) < 4.78 is 23.9. The van der Waals surface area contributed by atoms with E-state index in [2.05, 4.69) is 34.6 Å². The molecule has 0 radical (unpaired) electrons. The van der Waals surface area contributed by atoms with Crippen LogP contribution >= 0.6 is 34.5 Å². The van der Waals surface area contributed by atoms with Gasteiger partial charge in [-0.2, -0.15) is 11.8 Å². The van der Waals surface area contributed by atoms with Crippen LogP contribution < -0.4 is 51.4 Å². The van der Waals surface area contributed by atoms with Crippen LogP contribution in [-0.4, -0.2) is 43.7 Å².